The van der Waals surface area contributed by atoms with E-state index in [2.05, 4.69) is 5.32 Å². The second-order valence-electron chi connectivity index (χ2n) is 7.10. The smallest absolute Gasteiger partial charge is 0.248 e. The van der Waals surface area contributed by atoms with Gasteiger partial charge in [-0.2, -0.15) is 0 Å². The largest absolute Gasteiger partial charge is 0.499 e. The van der Waals surface area contributed by atoms with Crippen LogP contribution in [0.4, 0.5) is 0 Å². The number of halogens is 3. The molecule has 0 spiro atoms. The summed E-state index contributed by atoms with van der Waals surface area (Å²) >= 11 is 17.5. The summed E-state index contributed by atoms with van der Waals surface area (Å²) in [5.74, 6) is 0.123. The molecular weight excluding hydrogens is 415 g/mol. The van der Waals surface area contributed by atoms with E-state index < -0.39 is 28.0 Å². The van der Waals surface area contributed by atoms with E-state index in [1.165, 1.54) is 18.1 Å². The van der Waals surface area contributed by atoms with Crippen LogP contribution >= 0.6 is 34.8 Å². The molecule has 6 nitrogen and oxygen atoms in total. The van der Waals surface area contributed by atoms with Crippen LogP contribution in [-0.2, 0) is 14.3 Å². The molecule has 0 aromatic heterocycles. The van der Waals surface area contributed by atoms with Crippen LogP contribution in [0.15, 0.2) is 11.8 Å². The number of alkyl halides is 3. The Morgan fingerprint density at radius 2 is 2.00 bits per heavy atom. The summed E-state index contributed by atoms with van der Waals surface area (Å²) in [6.07, 6.45) is 2.16. The predicted molar refractivity (Wildman–Crippen MR) is 108 cm³/mol. The van der Waals surface area contributed by atoms with E-state index in [1.54, 1.807) is 0 Å². The van der Waals surface area contributed by atoms with Crippen molar-refractivity contribution in [2.45, 2.75) is 75.0 Å². The number of nitrogens with zero attached hydrogens (tertiary/aromatic N) is 1. The number of hydrogen-bond donors (Lipinski definition) is 2. The topological polar surface area (TPSA) is 78.9 Å². The predicted octanol–water partition coefficient (Wildman–Crippen LogP) is 3.53. The van der Waals surface area contributed by atoms with Crippen LogP contribution in [0.1, 0.15) is 52.9 Å². The summed E-state index contributed by atoms with van der Waals surface area (Å²) in [6.45, 7) is 5.91. The fourth-order valence-electron chi connectivity index (χ4n) is 3.06. The van der Waals surface area contributed by atoms with E-state index >= 15 is 0 Å². The number of hydrogen-bond acceptors (Lipinski definition) is 4. The molecule has 0 saturated heterocycles. The molecule has 1 rings (SSSR count). The zero-order valence-electron chi connectivity index (χ0n) is 16.2. The van der Waals surface area contributed by atoms with E-state index in [9.17, 15) is 14.7 Å². The van der Waals surface area contributed by atoms with Gasteiger partial charge in [-0.3, -0.25) is 9.59 Å². The highest BCUT2D eigenvalue weighted by Crippen LogP contribution is 2.33. The van der Waals surface area contributed by atoms with Gasteiger partial charge in [-0.25, -0.2) is 0 Å². The lowest BCUT2D eigenvalue weighted by atomic mass is 10.0. The van der Waals surface area contributed by atoms with Gasteiger partial charge in [-0.1, -0.05) is 55.6 Å². The van der Waals surface area contributed by atoms with Crippen LogP contribution in [-0.4, -0.2) is 51.0 Å². The van der Waals surface area contributed by atoms with Gasteiger partial charge in [0.25, 0.3) is 0 Å². The van der Waals surface area contributed by atoms with Crippen molar-refractivity contribution in [3.63, 3.8) is 0 Å². The Balaban J connectivity index is 3.03. The maximum atomic E-state index is 13.2. The van der Waals surface area contributed by atoms with Gasteiger partial charge < -0.3 is 20.1 Å². The molecule has 2 amide bonds. The molecule has 1 aliphatic rings. The van der Waals surface area contributed by atoms with E-state index in [4.69, 9.17) is 39.5 Å². The number of carbonyl (C=O) groups is 2. The van der Waals surface area contributed by atoms with Crippen LogP contribution < -0.4 is 5.32 Å². The molecule has 0 aliphatic carbocycles. The van der Waals surface area contributed by atoms with Gasteiger partial charge in [-0.15, -0.1) is 0 Å². The molecule has 2 N–H and O–H groups in total. The second-order valence-corrected chi connectivity index (χ2v) is 9.62. The molecule has 156 valence electrons. The maximum absolute atomic E-state index is 13.2. The molecule has 27 heavy (non-hydrogen) atoms. The van der Waals surface area contributed by atoms with Crippen molar-refractivity contribution in [2.75, 3.05) is 7.11 Å². The average Bonchev–Trinajstić information content (AvgIpc) is 2.85. The first-order valence-corrected chi connectivity index (χ1v) is 10.3. The zero-order valence-corrected chi connectivity index (χ0v) is 18.4. The number of aliphatic hydroxyl groups excluding tert-OH is 1. The summed E-state index contributed by atoms with van der Waals surface area (Å²) in [4.78, 5) is 26.6. The van der Waals surface area contributed by atoms with Crippen molar-refractivity contribution in [1.82, 2.24) is 10.2 Å². The molecule has 1 heterocycles. The highest BCUT2D eigenvalue weighted by atomic mass is 35.6. The summed E-state index contributed by atoms with van der Waals surface area (Å²) in [5.41, 5.74) is 0. The van der Waals surface area contributed by atoms with Gasteiger partial charge in [0, 0.05) is 12.5 Å². The van der Waals surface area contributed by atoms with Crippen molar-refractivity contribution >= 4 is 46.6 Å². The normalized spacial score (nSPS) is 21.2. The first kappa shape index (κ1) is 24.3. The Hall–Kier alpha value is -0.690. The fourth-order valence-corrected chi connectivity index (χ4v) is 3.39. The standard InChI is InChI=1S/C18H29Cl3N2O4/c1-5-6-15(24)22-12(7-8-18(19,20)21)17(26)23-13(9-11(2)3)14(27-4)10-16(23)25/h10-13,16,25H,5-9H2,1-4H3,(H,22,24). The van der Waals surface area contributed by atoms with Gasteiger partial charge in [-0.05, 0) is 31.6 Å². The number of aliphatic hydroxyl groups is 1. The van der Waals surface area contributed by atoms with Gasteiger partial charge >= 0.3 is 0 Å². The maximum Gasteiger partial charge on any atom is 0.248 e. The molecule has 0 radical (unpaired) electrons. The minimum absolute atomic E-state index is 0.0871. The van der Waals surface area contributed by atoms with Crippen LogP contribution in [0.25, 0.3) is 0 Å². The molecule has 0 bridgehead atoms. The minimum Gasteiger partial charge on any atom is -0.499 e. The van der Waals surface area contributed by atoms with Gasteiger partial charge in [0.2, 0.25) is 11.8 Å². The number of methoxy groups -OCH3 is 1. The Labute approximate surface area is 176 Å². The van der Waals surface area contributed by atoms with E-state index in [-0.39, 0.29) is 31.1 Å². The zero-order chi connectivity index (χ0) is 20.8. The molecule has 0 saturated carbocycles. The summed E-state index contributed by atoms with van der Waals surface area (Å²) in [7, 11) is 1.50. The quantitative estimate of drug-likeness (QED) is 0.534. The fraction of sp³-hybridized carbons (Fsp3) is 0.778. The van der Waals surface area contributed by atoms with Crippen LogP contribution in [0.2, 0.25) is 0 Å². The van der Waals surface area contributed by atoms with Crippen molar-refractivity contribution in [1.29, 1.82) is 0 Å². The third kappa shape index (κ3) is 7.68. The number of nitrogens with one attached hydrogen (secondary N) is 1. The van der Waals surface area contributed by atoms with Gasteiger partial charge in [0.1, 0.15) is 11.8 Å². The number of ether oxygens (including phenoxy) is 1. The molecule has 0 aromatic carbocycles. The van der Waals surface area contributed by atoms with Crippen LogP contribution in [0.3, 0.4) is 0 Å². The number of carbonyl (C=O) groups excluding carboxylic acids is 2. The Morgan fingerprint density at radius 3 is 2.48 bits per heavy atom. The Bertz CT molecular complexity index is 549. The molecule has 1 aliphatic heterocycles. The van der Waals surface area contributed by atoms with Crippen LogP contribution in [0, 0.1) is 5.92 Å². The molecule has 0 aromatic rings. The lowest BCUT2D eigenvalue weighted by Gasteiger charge is -2.33. The summed E-state index contributed by atoms with van der Waals surface area (Å²) < 4.78 is 3.81. The van der Waals surface area contributed by atoms with Crippen molar-refractivity contribution < 1.29 is 19.4 Å². The molecule has 0 fully saturated rings. The van der Waals surface area contributed by atoms with Gasteiger partial charge in [0.05, 0.1) is 13.2 Å². The van der Waals surface area contributed by atoms with E-state index in [1.807, 2.05) is 20.8 Å². The lowest BCUT2D eigenvalue weighted by Crippen LogP contribution is -2.53. The number of amides is 2. The van der Waals surface area contributed by atoms with Crippen molar-refractivity contribution in [2.24, 2.45) is 5.92 Å². The molecule has 3 unspecified atom stereocenters. The van der Waals surface area contributed by atoms with E-state index in [0.717, 1.165) is 0 Å². The first-order chi connectivity index (χ1) is 12.5. The second kappa shape index (κ2) is 10.7. The highest BCUT2D eigenvalue weighted by Gasteiger charge is 2.41. The SMILES string of the molecule is CCCC(=O)NC(CCC(Cl)(Cl)Cl)C(=O)N1C(O)C=C(OC)C1CC(C)C. The first-order valence-electron chi connectivity index (χ1n) is 9.12. The Kier molecular flexibility index (Phi) is 9.69. The molecule has 9 heteroatoms. The van der Waals surface area contributed by atoms with Crippen molar-refractivity contribution in [3.05, 3.63) is 11.8 Å². The van der Waals surface area contributed by atoms with Crippen molar-refractivity contribution in [3.8, 4) is 0 Å². The minimum atomic E-state index is -1.54. The number of rotatable bonds is 9. The lowest BCUT2D eigenvalue weighted by molar-refractivity contribution is -0.145. The van der Waals surface area contributed by atoms with Crippen LogP contribution in [0.5, 0.6) is 0 Å². The van der Waals surface area contributed by atoms with Gasteiger partial charge in [0.15, 0.2) is 10.0 Å². The summed E-state index contributed by atoms with van der Waals surface area (Å²) in [6, 6.07) is -1.30. The van der Waals surface area contributed by atoms with E-state index in [0.29, 0.717) is 18.6 Å². The average molecular weight is 444 g/mol. The Morgan fingerprint density at radius 1 is 1.37 bits per heavy atom. The molecular formula is C18H29Cl3N2O4. The third-order valence-corrected chi connectivity index (χ3v) is 4.84. The highest BCUT2D eigenvalue weighted by molar-refractivity contribution is 6.67. The summed E-state index contributed by atoms with van der Waals surface area (Å²) in [5, 5.41) is 13.1. The molecule has 3 atom stereocenters. The monoisotopic (exact) mass is 442 g/mol. The third-order valence-electron chi connectivity index (χ3n) is 4.27.